The third kappa shape index (κ3) is 5.85. The summed E-state index contributed by atoms with van der Waals surface area (Å²) in [5, 5.41) is 6.00. The van der Waals surface area contributed by atoms with Crippen molar-refractivity contribution in [3.05, 3.63) is 107 Å². The standard InChI is InChI=1S/C34H37BF2N2O4/c1-33(2)24-18-28(33)34(3)29(19-24)42-35(43-34)30(16-21-12-14-25(36)15-13-21)39-31(40)20-27(23-10-7-11-26(37)17-23)38-32(41)22-8-5-4-6-9-22/h4-15,17,24,27-30H,16,18-20H2,1-3H3,(H,38,41)(H,39,40)/t24-,27?,28-,29+,30-,34-/m0/s1. The SMILES string of the molecule is CC1(C)[C@@H]2C[C@H]3OB([C@H](Cc4ccc(F)cc4)NC(=O)CC(NC(=O)c4ccccc4)c4cccc(F)c4)O[C@@]3(C)[C@H]1C2. The zero-order valence-corrected chi connectivity index (χ0v) is 24.7. The maximum absolute atomic E-state index is 14.2. The fraction of sp³-hybridized carbons (Fsp3) is 0.412. The summed E-state index contributed by atoms with van der Waals surface area (Å²) < 4.78 is 41.1. The minimum atomic E-state index is -0.784. The molecule has 43 heavy (non-hydrogen) atoms. The Hall–Kier alpha value is -3.56. The molecule has 2 N–H and O–H groups in total. The highest BCUT2D eigenvalue weighted by Crippen LogP contribution is 2.65. The number of benzene rings is 3. The van der Waals surface area contributed by atoms with E-state index in [1.165, 1.54) is 24.3 Å². The zero-order valence-electron chi connectivity index (χ0n) is 24.7. The van der Waals surface area contributed by atoms with Crippen molar-refractivity contribution < 1.29 is 27.7 Å². The quantitative estimate of drug-likeness (QED) is 0.310. The highest BCUT2D eigenvalue weighted by molar-refractivity contribution is 6.48. The van der Waals surface area contributed by atoms with Crippen LogP contribution >= 0.6 is 0 Å². The molecule has 0 spiro atoms. The second-order valence-corrected chi connectivity index (χ2v) is 13.0. The van der Waals surface area contributed by atoms with E-state index in [9.17, 15) is 18.4 Å². The van der Waals surface area contributed by atoms with Gasteiger partial charge in [-0.25, -0.2) is 8.78 Å². The predicted molar refractivity (Wildman–Crippen MR) is 160 cm³/mol. The summed E-state index contributed by atoms with van der Waals surface area (Å²) >= 11 is 0. The Bertz CT molecular complexity index is 1490. The van der Waals surface area contributed by atoms with E-state index in [2.05, 4.69) is 31.4 Å². The molecule has 4 aliphatic rings. The maximum atomic E-state index is 14.2. The van der Waals surface area contributed by atoms with Gasteiger partial charge in [-0.15, -0.1) is 0 Å². The van der Waals surface area contributed by atoms with E-state index in [0.717, 1.165) is 18.4 Å². The predicted octanol–water partition coefficient (Wildman–Crippen LogP) is 5.82. The molecule has 1 unspecified atom stereocenters. The zero-order chi connectivity index (χ0) is 30.4. The van der Waals surface area contributed by atoms with Crippen LogP contribution in [0.1, 0.15) is 67.6 Å². The molecule has 0 radical (unpaired) electrons. The van der Waals surface area contributed by atoms with E-state index >= 15 is 0 Å². The first kappa shape index (κ1) is 29.5. The van der Waals surface area contributed by atoms with E-state index in [1.807, 2.05) is 6.07 Å². The number of amides is 2. The molecule has 0 aromatic heterocycles. The van der Waals surface area contributed by atoms with Crippen LogP contribution in [0.25, 0.3) is 0 Å². The molecule has 3 aromatic rings. The van der Waals surface area contributed by atoms with Crippen LogP contribution in [0.3, 0.4) is 0 Å². The molecule has 6 nitrogen and oxygen atoms in total. The van der Waals surface area contributed by atoms with Gasteiger partial charge in [0.2, 0.25) is 5.91 Å². The van der Waals surface area contributed by atoms with Crippen molar-refractivity contribution in [2.24, 2.45) is 17.3 Å². The van der Waals surface area contributed by atoms with Gasteiger partial charge in [-0.05, 0) is 91.0 Å². The van der Waals surface area contributed by atoms with Gasteiger partial charge in [-0.2, -0.15) is 0 Å². The lowest BCUT2D eigenvalue weighted by Gasteiger charge is -2.64. The molecule has 2 amide bonds. The Morgan fingerprint density at radius 1 is 0.930 bits per heavy atom. The molecule has 6 atom stereocenters. The minimum Gasteiger partial charge on any atom is -0.404 e. The average Bonchev–Trinajstić information content (AvgIpc) is 3.35. The Morgan fingerprint density at radius 2 is 1.67 bits per heavy atom. The first-order valence-corrected chi connectivity index (χ1v) is 15.0. The molecule has 3 aromatic carbocycles. The number of hydrogen-bond donors (Lipinski definition) is 2. The van der Waals surface area contributed by atoms with Crippen LogP contribution in [-0.4, -0.2) is 36.6 Å². The second kappa shape index (κ2) is 11.5. The van der Waals surface area contributed by atoms with Gasteiger partial charge in [0.25, 0.3) is 5.91 Å². The van der Waals surface area contributed by atoms with Crippen molar-refractivity contribution >= 4 is 18.9 Å². The maximum Gasteiger partial charge on any atom is 0.482 e. The monoisotopic (exact) mass is 586 g/mol. The summed E-state index contributed by atoms with van der Waals surface area (Å²) in [6.07, 6.45) is 2.15. The Labute approximate surface area is 251 Å². The van der Waals surface area contributed by atoms with Gasteiger partial charge in [0.15, 0.2) is 0 Å². The molecular weight excluding hydrogens is 549 g/mol. The summed E-state index contributed by atoms with van der Waals surface area (Å²) in [4.78, 5) is 26.7. The van der Waals surface area contributed by atoms with E-state index in [0.29, 0.717) is 29.4 Å². The fourth-order valence-electron chi connectivity index (χ4n) is 7.42. The lowest BCUT2D eigenvalue weighted by molar-refractivity contribution is -0.199. The number of nitrogens with one attached hydrogen (secondary N) is 2. The summed E-state index contributed by atoms with van der Waals surface area (Å²) in [5.74, 6) is -1.18. The Kier molecular flexibility index (Phi) is 7.90. The number of halogens is 2. The molecule has 224 valence electrons. The number of hydrogen-bond acceptors (Lipinski definition) is 4. The van der Waals surface area contributed by atoms with Gasteiger partial charge in [0.1, 0.15) is 11.6 Å². The highest BCUT2D eigenvalue weighted by Gasteiger charge is 2.68. The molecule has 1 heterocycles. The van der Waals surface area contributed by atoms with Gasteiger partial charge < -0.3 is 19.9 Å². The first-order valence-electron chi connectivity index (χ1n) is 15.0. The highest BCUT2D eigenvalue weighted by atomic mass is 19.1. The van der Waals surface area contributed by atoms with Crippen molar-refractivity contribution in [1.29, 1.82) is 0 Å². The normalized spacial score (nSPS) is 26.5. The van der Waals surface area contributed by atoms with E-state index < -0.39 is 30.5 Å². The minimum absolute atomic E-state index is 0.0768. The van der Waals surface area contributed by atoms with Crippen LogP contribution in [0.4, 0.5) is 8.78 Å². The summed E-state index contributed by atoms with van der Waals surface area (Å²) in [6.45, 7) is 6.70. The van der Waals surface area contributed by atoms with Crippen LogP contribution in [0.2, 0.25) is 0 Å². The molecule has 2 bridgehead atoms. The van der Waals surface area contributed by atoms with Crippen molar-refractivity contribution in [3.63, 3.8) is 0 Å². The van der Waals surface area contributed by atoms with Crippen LogP contribution in [0, 0.1) is 28.9 Å². The molecule has 4 fully saturated rings. The van der Waals surface area contributed by atoms with E-state index in [-0.39, 0.29) is 35.6 Å². The van der Waals surface area contributed by atoms with Crippen molar-refractivity contribution in [2.75, 3.05) is 0 Å². The topological polar surface area (TPSA) is 76.7 Å². The van der Waals surface area contributed by atoms with Gasteiger partial charge in [-0.1, -0.05) is 56.3 Å². The second-order valence-electron chi connectivity index (χ2n) is 13.0. The first-order chi connectivity index (χ1) is 20.5. The molecule has 9 heteroatoms. The van der Waals surface area contributed by atoms with Crippen LogP contribution in [-0.2, 0) is 20.5 Å². The molecule has 1 aliphatic heterocycles. The van der Waals surface area contributed by atoms with Gasteiger partial charge in [0, 0.05) is 5.56 Å². The molecule has 7 rings (SSSR count). The summed E-state index contributed by atoms with van der Waals surface area (Å²) in [6, 6.07) is 19.9. The lowest BCUT2D eigenvalue weighted by Crippen LogP contribution is -2.65. The van der Waals surface area contributed by atoms with E-state index in [1.54, 1.807) is 48.5 Å². The molecule has 3 saturated carbocycles. The van der Waals surface area contributed by atoms with E-state index in [4.69, 9.17) is 9.31 Å². The molecular formula is C34H37BF2N2O4. The van der Waals surface area contributed by atoms with Crippen LogP contribution in [0.5, 0.6) is 0 Å². The summed E-state index contributed by atoms with van der Waals surface area (Å²) in [7, 11) is -0.703. The Balaban J connectivity index is 1.22. The third-order valence-corrected chi connectivity index (χ3v) is 9.99. The molecule has 3 aliphatic carbocycles. The van der Waals surface area contributed by atoms with Crippen LogP contribution < -0.4 is 10.6 Å². The lowest BCUT2D eigenvalue weighted by atomic mass is 9.43. The fourth-order valence-corrected chi connectivity index (χ4v) is 7.42. The van der Waals surface area contributed by atoms with Crippen molar-refractivity contribution in [2.45, 2.75) is 70.1 Å². The number of carbonyl (C=O) groups is 2. The van der Waals surface area contributed by atoms with Gasteiger partial charge in [0.05, 0.1) is 30.1 Å². The third-order valence-electron chi connectivity index (χ3n) is 9.99. The number of rotatable bonds is 9. The smallest absolute Gasteiger partial charge is 0.404 e. The average molecular weight is 586 g/mol. The number of carbonyl (C=O) groups excluding carboxylic acids is 2. The van der Waals surface area contributed by atoms with Crippen LogP contribution in [0.15, 0.2) is 78.9 Å². The summed E-state index contributed by atoms with van der Waals surface area (Å²) in [5.41, 5.74) is 1.42. The Morgan fingerprint density at radius 3 is 2.37 bits per heavy atom. The van der Waals surface area contributed by atoms with Crippen molar-refractivity contribution in [1.82, 2.24) is 10.6 Å². The molecule has 1 saturated heterocycles. The van der Waals surface area contributed by atoms with Gasteiger partial charge in [-0.3, -0.25) is 9.59 Å². The van der Waals surface area contributed by atoms with Crippen molar-refractivity contribution in [3.8, 4) is 0 Å². The van der Waals surface area contributed by atoms with Gasteiger partial charge >= 0.3 is 7.12 Å². The largest absolute Gasteiger partial charge is 0.482 e.